The number of sulfonamides is 1. The molecule has 1 aromatic carbocycles. The molecule has 0 aromatic heterocycles. The zero-order valence-electron chi connectivity index (χ0n) is 11.7. The van der Waals surface area contributed by atoms with E-state index in [0.29, 0.717) is 12.1 Å². The van der Waals surface area contributed by atoms with Gasteiger partial charge >= 0.3 is 0 Å². The SMILES string of the molecule is CNCCCNC(=O)CN=C1NS(=O)(=O)c2ccccc21. The molecule has 8 heteroatoms. The van der Waals surface area contributed by atoms with Crippen molar-refractivity contribution < 1.29 is 13.2 Å². The standard InChI is InChI=1S/C13H18N4O3S/c1-14-7-4-8-15-12(18)9-16-13-10-5-2-3-6-11(10)21(19,20)17-13/h2-3,5-6,14H,4,7-9H2,1H3,(H,15,18)(H,16,17). The summed E-state index contributed by atoms with van der Waals surface area (Å²) in [5.74, 6) is -0.0156. The lowest BCUT2D eigenvalue weighted by Gasteiger charge is -2.03. The van der Waals surface area contributed by atoms with Crippen LogP contribution >= 0.6 is 0 Å². The smallest absolute Gasteiger partial charge is 0.263 e. The molecule has 0 aliphatic carbocycles. The molecule has 0 saturated carbocycles. The van der Waals surface area contributed by atoms with E-state index in [0.717, 1.165) is 13.0 Å². The van der Waals surface area contributed by atoms with E-state index in [-0.39, 0.29) is 23.2 Å². The van der Waals surface area contributed by atoms with Crippen molar-refractivity contribution in [2.45, 2.75) is 11.3 Å². The molecular weight excluding hydrogens is 292 g/mol. The first-order valence-electron chi connectivity index (χ1n) is 6.62. The highest BCUT2D eigenvalue weighted by molar-refractivity contribution is 7.90. The van der Waals surface area contributed by atoms with Crippen LogP contribution in [0.5, 0.6) is 0 Å². The van der Waals surface area contributed by atoms with Gasteiger partial charge in [0.15, 0.2) is 0 Å². The number of rotatable bonds is 6. The number of amidine groups is 1. The highest BCUT2D eigenvalue weighted by Crippen LogP contribution is 2.21. The highest BCUT2D eigenvalue weighted by Gasteiger charge is 2.30. The monoisotopic (exact) mass is 310 g/mol. The third-order valence-corrected chi connectivity index (χ3v) is 4.37. The van der Waals surface area contributed by atoms with E-state index in [1.807, 2.05) is 7.05 Å². The van der Waals surface area contributed by atoms with Crippen molar-refractivity contribution in [1.82, 2.24) is 15.4 Å². The molecule has 0 unspecified atom stereocenters. The highest BCUT2D eigenvalue weighted by atomic mass is 32.2. The number of aliphatic imine (C=N–C) groups is 1. The van der Waals surface area contributed by atoms with Gasteiger partial charge in [-0.2, -0.15) is 0 Å². The van der Waals surface area contributed by atoms with Crippen molar-refractivity contribution in [1.29, 1.82) is 0 Å². The third-order valence-electron chi connectivity index (χ3n) is 2.97. The Balaban J connectivity index is 1.99. The zero-order chi connectivity index (χ0) is 15.3. The van der Waals surface area contributed by atoms with Crippen molar-refractivity contribution in [3.8, 4) is 0 Å². The van der Waals surface area contributed by atoms with Crippen LogP contribution in [0.15, 0.2) is 34.2 Å². The number of carbonyl (C=O) groups is 1. The van der Waals surface area contributed by atoms with E-state index >= 15 is 0 Å². The predicted octanol–water partition coefficient (Wildman–Crippen LogP) is -0.549. The molecule has 3 N–H and O–H groups in total. The molecule has 1 aliphatic rings. The van der Waals surface area contributed by atoms with Crippen LogP contribution in [0.2, 0.25) is 0 Å². The first-order chi connectivity index (χ1) is 10.0. The van der Waals surface area contributed by atoms with Gasteiger partial charge in [-0.25, -0.2) is 8.42 Å². The summed E-state index contributed by atoms with van der Waals surface area (Å²) in [7, 11) is -1.70. The van der Waals surface area contributed by atoms with Crippen LogP contribution in [0.4, 0.5) is 0 Å². The number of nitrogens with one attached hydrogen (secondary N) is 3. The van der Waals surface area contributed by atoms with Crippen LogP contribution < -0.4 is 15.4 Å². The largest absolute Gasteiger partial charge is 0.354 e. The van der Waals surface area contributed by atoms with Crippen LogP contribution in [-0.2, 0) is 14.8 Å². The molecule has 0 fully saturated rings. The van der Waals surface area contributed by atoms with Gasteiger partial charge in [0, 0.05) is 12.1 Å². The Kier molecular flexibility index (Phi) is 4.92. The number of benzene rings is 1. The van der Waals surface area contributed by atoms with Crippen LogP contribution in [0.1, 0.15) is 12.0 Å². The number of amides is 1. The van der Waals surface area contributed by atoms with Gasteiger partial charge in [0.1, 0.15) is 12.4 Å². The first kappa shape index (κ1) is 15.5. The van der Waals surface area contributed by atoms with Crippen molar-refractivity contribution >= 4 is 21.8 Å². The maximum atomic E-state index is 11.9. The van der Waals surface area contributed by atoms with E-state index < -0.39 is 10.0 Å². The van der Waals surface area contributed by atoms with Gasteiger partial charge in [-0.1, -0.05) is 12.1 Å². The van der Waals surface area contributed by atoms with Gasteiger partial charge in [0.25, 0.3) is 10.0 Å². The molecule has 2 rings (SSSR count). The summed E-state index contributed by atoms with van der Waals surface area (Å²) in [5, 5.41) is 5.71. The molecule has 114 valence electrons. The molecule has 1 aromatic rings. The lowest BCUT2D eigenvalue weighted by atomic mass is 10.2. The summed E-state index contributed by atoms with van der Waals surface area (Å²) < 4.78 is 26.1. The fourth-order valence-electron chi connectivity index (χ4n) is 1.95. The number of hydrogen-bond acceptors (Lipinski definition) is 5. The van der Waals surface area contributed by atoms with Crippen LogP contribution in [0.25, 0.3) is 0 Å². The summed E-state index contributed by atoms with van der Waals surface area (Å²) >= 11 is 0. The minimum Gasteiger partial charge on any atom is -0.354 e. The Morgan fingerprint density at radius 3 is 2.81 bits per heavy atom. The van der Waals surface area contributed by atoms with E-state index in [1.54, 1.807) is 18.2 Å². The normalized spacial score (nSPS) is 17.3. The average molecular weight is 310 g/mol. The summed E-state index contributed by atoms with van der Waals surface area (Å²) in [6.07, 6.45) is 0.828. The first-order valence-corrected chi connectivity index (χ1v) is 8.11. The Bertz CT molecular complexity index is 655. The quantitative estimate of drug-likeness (QED) is 0.614. The van der Waals surface area contributed by atoms with Crippen LogP contribution in [0, 0.1) is 0 Å². The topological polar surface area (TPSA) is 99.7 Å². The minimum atomic E-state index is -3.55. The number of carbonyl (C=O) groups excluding carboxylic acids is 1. The molecule has 1 heterocycles. The average Bonchev–Trinajstić information content (AvgIpc) is 2.73. The van der Waals surface area contributed by atoms with Crippen molar-refractivity contribution in [2.24, 2.45) is 4.99 Å². The van der Waals surface area contributed by atoms with Gasteiger partial charge in [0.2, 0.25) is 5.91 Å². The van der Waals surface area contributed by atoms with Crippen molar-refractivity contribution in [2.75, 3.05) is 26.7 Å². The number of fused-ring (bicyclic) bond motifs is 1. The third kappa shape index (κ3) is 3.79. The maximum Gasteiger partial charge on any atom is 0.263 e. The van der Waals surface area contributed by atoms with Gasteiger partial charge < -0.3 is 10.6 Å². The molecule has 0 spiro atoms. The molecule has 21 heavy (non-hydrogen) atoms. The zero-order valence-corrected chi connectivity index (χ0v) is 12.5. The molecule has 0 atom stereocenters. The second kappa shape index (κ2) is 6.68. The molecule has 0 radical (unpaired) electrons. The number of nitrogens with zero attached hydrogens (tertiary/aromatic N) is 1. The lowest BCUT2D eigenvalue weighted by molar-refractivity contribution is -0.119. The number of hydrogen-bond donors (Lipinski definition) is 3. The summed E-state index contributed by atoms with van der Waals surface area (Å²) in [6, 6.07) is 6.55. The van der Waals surface area contributed by atoms with Crippen LogP contribution in [0.3, 0.4) is 0 Å². The van der Waals surface area contributed by atoms with Gasteiger partial charge in [-0.3, -0.25) is 14.5 Å². The molecule has 0 saturated heterocycles. The van der Waals surface area contributed by atoms with Gasteiger partial charge in [0.05, 0.1) is 4.90 Å². The van der Waals surface area contributed by atoms with E-state index in [1.165, 1.54) is 6.07 Å². The molecule has 1 amide bonds. The van der Waals surface area contributed by atoms with E-state index in [2.05, 4.69) is 20.3 Å². The fraction of sp³-hybridized carbons (Fsp3) is 0.385. The Morgan fingerprint density at radius 2 is 2.05 bits per heavy atom. The molecular formula is C13H18N4O3S. The summed E-state index contributed by atoms with van der Waals surface area (Å²) in [6.45, 7) is 1.28. The molecule has 1 aliphatic heterocycles. The Hall–Kier alpha value is -1.93. The Labute approximate surface area is 123 Å². The van der Waals surface area contributed by atoms with Crippen LogP contribution in [-0.4, -0.2) is 46.8 Å². The van der Waals surface area contributed by atoms with E-state index in [9.17, 15) is 13.2 Å². The molecule has 0 bridgehead atoms. The predicted molar refractivity (Wildman–Crippen MR) is 79.7 cm³/mol. The molecule has 7 nitrogen and oxygen atoms in total. The summed E-state index contributed by atoms with van der Waals surface area (Å²) in [5.41, 5.74) is 0.500. The van der Waals surface area contributed by atoms with Gasteiger partial charge in [-0.05, 0) is 32.1 Å². The second-order valence-electron chi connectivity index (χ2n) is 4.57. The van der Waals surface area contributed by atoms with Crippen molar-refractivity contribution in [3.63, 3.8) is 0 Å². The lowest BCUT2D eigenvalue weighted by Crippen LogP contribution is -2.30. The van der Waals surface area contributed by atoms with E-state index in [4.69, 9.17) is 0 Å². The minimum absolute atomic E-state index is 0.105. The van der Waals surface area contributed by atoms with Crippen molar-refractivity contribution in [3.05, 3.63) is 29.8 Å². The second-order valence-corrected chi connectivity index (χ2v) is 6.22. The fourth-order valence-corrected chi connectivity index (χ4v) is 3.20. The van der Waals surface area contributed by atoms with Gasteiger partial charge in [-0.15, -0.1) is 0 Å². The summed E-state index contributed by atoms with van der Waals surface area (Å²) in [4.78, 5) is 15.9. The Morgan fingerprint density at radius 1 is 1.29 bits per heavy atom. The maximum absolute atomic E-state index is 11.9.